The summed E-state index contributed by atoms with van der Waals surface area (Å²) in [5.74, 6) is -0.390. The Morgan fingerprint density at radius 1 is 1.62 bits per heavy atom. The van der Waals surface area contributed by atoms with E-state index in [-0.39, 0.29) is 12.1 Å². The third-order valence-electron chi connectivity index (χ3n) is 1.68. The van der Waals surface area contributed by atoms with Crippen molar-refractivity contribution in [2.24, 2.45) is 0 Å². The summed E-state index contributed by atoms with van der Waals surface area (Å²) in [5.41, 5.74) is 0.416. The molecule has 13 heavy (non-hydrogen) atoms. The van der Waals surface area contributed by atoms with Gasteiger partial charge in [-0.15, -0.1) is 22.2 Å². The maximum Gasteiger partial charge on any atom is 0.333 e. The highest BCUT2D eigenvalue weighted by atomic mass is 35.7. The molecule has 0 aromatic heterocycles. The molecule has 5 heteroatoms. The first-order valence-corrected chi connectivity index (χ1v) is 8.55. The Morgan fingerprint density at radius 2 is 2.08 bits per heavy atom. The standard InChI is InChI=1S/C8H14Cl2O2Si/c1-6(2)8(11)12-5-7(3)13(4,9)10/h7H,1,5H2,2-4H3. The van der Waals surface area contributed by atoms with Crippen molar-refractivity contribution in [2.75, 3.05) is 6.61 Å². The first kappa shape index (κ1) is 13.0. The molecule has 0 saturated carbocycles. The molecule has 0 fully saturated rings. The minimum absolute atomic E-state index is 0.0270. The van der Waals surface area contributed by atoms with Crippen molar-refractivity contribution >= 4 is 34.8 Å². The Balaban J connectivity index is 3.91. The number of carbonyl (C=O) groups is 1. The van der Waals surface area contributed by atoms with Crippen LogP contribution in [0.2, 0.25) is 12.1 Å². The molecule has 0 rings (SSSR count). The molecular weight excluding hydrogens is 227 g/mol. The van der Waals surface area contributed by atoms with E-state index in [0.29, 0.717) is 5.57 Å². The Hall–Kier alpha value is 0.00688. The van der Waals surface area contributed by atoms with Crippen molar-refractivity contribution in [3.05, 3.63) is 12.2 Å². The van der Waals surface area contributed by atoms with E-state index in [0.717, 1.165) is 0 Å². The molecule has 0 saturated heterocycles. The number of hydrogen-bond donors (Lipinski definition) is 0. The van der Waals surface area contributed by atoms with E-state index >= 15 is 0 Å². The van der Waals surface area contributed by atoms with Crippen LogP contribution in [0.3, 0.4) is 0 Å². The van der Waals surface area contributed by atoms with Gasteiger partial charge in [-0.25, -0.2) is 4.79 Å². The van der Waals surface area contributed by atoms with Crippen molar-refractivity contribution in [1.29, 1.82) is 0 Å². The van der Waals surface area contributed by atoms with Crippen LogP contribution in [0.25, 0.3) is 0 Å². The van der Waals surface area contributed by atoms with Gasteiger partial charge in [-0.05, 0) is 13.5 Å². The molecule has 0 aliphatic heterocycles. The smallest absolute Gasteiger partial charge is 0.333 e. The van der Waals surface area contributed by atoms with Gasteiger partial charge in [0.05, 0.1) is 6.61 Å². The van der Waals surface area contributed by atoms with E-state index in [9.17, 15) is 4.79 Å². The van der Waals surface area contributed by atoms with E-state index in [2.05, 4.69) is 6.58 Å². The normalized spacial score (nSPS) is 13.6. The minimum Gasteiger partial charge on any atom is -0.462 e. The number of rotatable bonds is 4. The molecule has 0 aromatic carbocycles. The average molecular weight is 241 g/mol. The molecule has 0 radical (unpaired) electrons. The number of ether oxygens (including phenoxy) is 1. The average Bonchev–Trinajstić information content (AvgIpc) is 1.97. The fourth-order valence-corrected chi connectivity index (χ4v) is 1.22. The Bertz CT molecular complexity index is 211. The second-order valence-electron chi connectivity index (χ2n) is 3.24. The molecule has 76 valence electrons. The van der Waals surface area contributed by atoms with Gasteiger partial charge in [0.1, 0.15) is 0 Å². The fourth-order valence-electron chi connectivity index (χ4n) is 0.470. The summed E-state index contributed by atoms with van der Waals surface area (Å²) < 4.78 is 4.92. The van der Waals surface area contributed by atoms with Crippen molar-refractivity contribution in [3.8, 4) is 0 Å². The van der Waals surface area contributed by atoms with Gasteiger partial charge in [-0.3, -0.25) is 0 Å². The van der Waals surface area contributed by atoms with E-state index in [1.54, 1.807) is 13.5 Å². The first-order valence-electron chi connectivity index (χ1n) is 3.95. The molecule has 0 heterocycles. The van der Waals surface area contributed by atoms with Gasteiger partial charge in [0.25, 0.3) is 6.69 Å². The zero-order chi connectivity index (χ0) is 10.6. The Morgan fingerprint density at radius 3 is 2.38 bits per heavy atom. The van der Waals surface area contributed by atoms with E-state index in [1.807, 2.05) is 6.92 Å². The lowest BCUT2D eigenvalue weighted by Crippen LogP contribution is -2.25. The van der Waals surface area contributed by atoms with Crippen LogP contribution < -0.4 is 0 Å². The highest BCUT2D eigenvalue weighted by Crippen LogP contribution is 2.29. The summed E-state index contributed by atoms with van der Waals surface area (Å²) in [7, 11) is 0. The largest absolute Gasteiger partial charge is 0.462 e. The summed E-state index contributed by atoms with van der Waals surface area (Å²) in [6, 6.07) is 0. The van der Waals surface area contributed by atoms with Crippen molar-refractivity contribution in [3.63, 3.8) is 0 Å². The topological polar surface area (TPSA) is 26.3 Å². The van der Waals surface area contributed by atoms with E-state index in [4.69, 9.17) is 26.9 Å². The predicted octanol–water partition coefficient (Wildman–Crippen LogP) is 3.05. The summed E-state index contributed by atoms with van der Waals surface area (Å²) in [6.07, 6.45) is 0. The van der Waals surface area contributed by atoms with Crippen LogP contribution >= 0.6 is 22.2 Å². The Labute approximate surface area is 89.3 Å². The molecule has 0 amide bonds. The maximum absolute atomic E-state index is 11.0. The summed E-state index contributed by atoms with van der Waals surface area (Å²) in [4.78, 5) is 11.0. The lowest BCUT2D eigenvalue weighted by Gasteiger charge is -2.19. The Kier molecular flexibility index (Phi) is 5.03. The van der Waals surface area contributed by atoms with Crippen LogP contribution in [0, 0.1) is 0 Å². The van der Waals surface area contributed by atoms with Gasteiger partial charge < -0.3 is 4.74 Å². The molecular formula is C8H14Cl2O2Si. The molecule has 2 nitrogen and oxygen atoms in total. The zero-order valence-electron chi connectivity index (χ0n) is 8.06. The number of esters is 1. The molecule has 0 bridgehead atoms. The molecule has 0 aromatic rings. The van der Waals surface area contributed by atoms with E-state index < -0.39 is 12.7 Å². The van der Waals surface area contributed by atoms with Gasteiger partial charge in [0.15, 0.2) is 0 Å². The van der Waals surface area contributed by atoms with Crippen LogP contribution in [-0.2, 0) is 9.53 Å². The van der Waals surface area contributed by atoms with Crippen molar-refractivity contribution in [2.45, 2.75) is 25.9 Å². The van der Waals surface area contributed by atoms with Gasteiger partial charge in [-0.2, -0.15) is 0 Å². The summed E-state index contributed by atoms with van der Waals surface area (Å²) in [5, 5.41) is 0. The molecule has 0 N–H and O–H groups in total. The van der Waals surface area contributed by atoms with Crippen molar-refractivity contribution in [1.82, 2.24) is 0 Å². The van der Waals surface area contributed by atoms with E-state index in [1.165, 1.54) is 0 Å². The monoisotopic (exact) mass is 240 g/mol. The quantitative estimate of drug-likeness (QED) is 0.327. The van der Waals surface area contributed by atoms with Gasteiger partial charge in [-0.1, -0.05) is 13.5 Å². The first-order chi connectivity index (χ1) is 5.75. The number of hydrogen-bond acceptors (Lipinski definition) is 2. The van der Waals surface area contributed by atoms with Crippen molar-refractivity contribution < 1.29 is 9.53 Å². The van der Waals surface area contributed by atoms with Gasteiger partial charge in [0, 0.05) is 11.1 Å². The molecule has 1 unspecified atom stereocenters. The highest BCUT2D eigenvalue weighted by Gasteiger charge is 2.30. The zero-order valence-corrected chi connectivity index (χ0v) is 10.6. The fraction of sp³-hybridized carbons (Fsp3) is 0.625. The van der Waals surface area contributed by atoms with Crippen LogP contribution in [0.15, 0.2) is 12.2 Å². The second kappa shape index (κ2) is 5.03. The molecule has 0 aliphatic carbocycles. The third kappa shape index (κ3) is 5.34. The van der Waals surface area contributed by atoms with Gasteiger partial charge >= 0.3 is 5.97 Å². The third-order valence-corrected chi connectivity index (χ3v) is 5.81. The van der Waals surface area contributed by atoms with Crippen LogP contribution in [0.5, 0.6) is 0 Å². The molecule has 0 aliphatic rings. The number of carbonyl (C=O) groups excluding carboxylic acids is 1. The maximum atomic E-state index is 11.0. The molecule has 0 spiro atoms. The lowest BCUT2D eigenvalue weighted by atomic mass is 10.4. The highest BCUT2D eigenvalue weighted by molar-refractivity contribution is 7.45. The predicted molar refractivity (Wildman–Crippen MR) is 58.5 cm³/mol. The van der Waals surface area contributed by atoms with Crippen LogP contribution in [0.4, 0.5) is 0 Å². The SMILES string of the molecule is C=C(C)C(=O)OCC(C)[Si](C)(Cl)Cl. The molecule has 1 atom stereocenters. The second-order valence-corrected chi connectivity index (χ2v) is 11.4. The summed E-state index contributed by atoms with van der Waals surface area (Å²) >= 11 is 11.9. The number of halogens is 2. The van der Waals surface area contributed by atoms with Crippen LogP contribution in [-0.4, -0.2) is 19.3 Å². The lowest BCUT2D eigenvalue weighted by molar-refractivity contribution is -0.138. The van der Waals surface area contributed by atoms with Gasteiger partial charge in [0.2, 0.25) is 0 Å². The minimum atomic E-state index is -2.22. The summed E-state index contributed by atoms with van der Waals surface area (Å²) in [6.45, 7) is 6.78. The van der Waals surface area contributed by atoms with Crippen LogP contribution in [0.1, 0.15) is 13.8 Å².